The lowest BCUT2D eigenvalue weighted by Crippen LogP contribution is -2.17. The van der Waals surface area contributed by atoms with E-state index in [1.54, 1.807) is 6.20 Å². The van der Waals surface area contributed by atoms with Crippen LogP contribution >= 0.6 is 0 Å². The van der Waals surface area contributed by atoms with Gasteiger partial charge in [-0.05, 0) is 30.6 Å². The third-order valence-electron chi connectivity index (χ3n) is 3.32. The molecule has 0 saturated heterocycles. The SMILES string of the molecule is CC(C)(CCn1cc(N)cn1)C1CC1. The van der Waals surface area contributed by atoms with Crippen molar-refractivity contribution in [3.8, 4) is 0 Å². The van der Waals surface area contributed by atoms with Gasteiger partial charge in [-0.15, -0.1) is 0 Å². The lowest BCUT2D eigenvalue weighted by Gasteiger charge is -2.23. The Kier molecular flexibility index (Phi) is 2.25. The minimum atomic E-state index is 0.473. The van der Waals surface area contributed by atoms with Gasteiger partial charge in [0.05, 0.1) is 11.9 Å². The normalized spacial score (nSPS) is 17.3. The van der Waals surface area contributed by atoms with Gasteiger partial charge in [0, 0.05) is 12.7 Å². The number of nitrogens with two attached hydrogens (primary N) is 1. The van der Waals surface area contributed by atoms with Crippen molar-refractivity contribution in [1.29, 1.82) is 0 Å². The molecular weight excluding hydrogens is 174 g/mol. The second kappa shape index (κ2) is 3.30. The lowest BCUT2D eigenvalue weighted by atomic mass is 9.84. The Morgan fingerprint density at radius 2 is 2.29 bits per heavy atom. The number of aromatic nitrogens is 2. The van der Waals surface area contributed by atoms with Crippen molar-refractivity contribution in [3.05, 3.63) is 12.4 Å². The molecule has 0 spiro atoms. The van der Waals surface area contributed by atoms with Crippen LogP contribution in [0, 0.1) is 11.3 Å². The first-order chi connectivity index (χ1) is 6.58. The fourth-order valence-electron chi connectivity index (χ4n) is 1.97. The van der Waals surface area contributed by atoms with E-state index in [1.165, 1.54) is 19.3 Å². The monoisotopic (exact) mass is 193 g/mol. The fourth-order valence-corrected chi connectivity index (χ4v) is 1.97. The highest BCUT2D eigenvalue weighted by molar-refractivity contribution is 5.30. The van der Waals surface area contributed by atoms with Crippen LogP contribution < -0.4 is 5.73 Å². The molecule has 1 aliphatic carbocycles. The second-order valence-electron chi connectivity index (χ2n) is 5.05. The molecule has 0 aliphatic heterocycles. The molecule has 1 fully saturated rings. The quantitative estimate of drug-likeness (QED) is 0.797. The molecule has 14 heavy (non-hydrogen) atoms. The molecule has 2 N–H and O–H groups in total. The molecule has 1 aromatic heterocycles. The zero-order chi connectivity index (χ0) is 10.2. The van der Waals surface area contributed by atoms with Gasteiger partial charge in [-0.3, -0.25) is 4.68 Å². The molecule has 0 aromatic carbocycles. The maximum Gasteiger partial charge on any atom is 0.0719 e. The Bertz CT molecular complexity index is 310. The summed E-state index contributed by atoms with van der Waals surface area (Å²) in [7, 11) is 0. The molecule has 0 radical (unpaired) electrons. The summed E-state index contributed by atoms with van der Waals surface area (Å²) in [5.74, 6) is 0.940. The van der Waals surface area contributed by atoms with Gasteiger partial charge in [-0.1, -0.05) is 13.8 Å². The number of rotatable bonds is 4. The number of nitrogen functional groups attached to an aromatic ring is 1. The van der Waals surface area contributed by atoms with Crippen LogP contribution in [-0.4, -0.2) is 9.78 Å². The van der Waals surface area contributed by atoms with Crippen molar-refractivity contribution >= 4 is 5.69 Å². The highest BCUT2D eigenvalue weighted by Crippen LogP contribution is 2.47. The van der Waals surface area contributed by atoms with Gasteiger partial charge in [-0.2, -0.15) is 5.10 Å². The highest BCUT2D eigenvalue weighted by atomic mass is 15.3. The minimum Gasteiger partial charge on any atom is -0.396 e. The molecule has 0 bridgehead atoms. The van der Waals surface area contributed by atoms with Crippen molar-refractivity contribution in [2.75, 3.05) is 5.73 Å². The van der Waals surface area contributed by atoms with Gasteiger partial charge < -0.3 is 5.73 Å². The first-order valence-electron chi connectivity index (χ1n) is 5.36. The average molecular weight is 193 g/mol. The van der Waals surface area contributed by atoms with Crippen LogP contribution in [0.15, 0.2) is 12.4 Å². The van der Waals surface area contributed by atoms with E-state index in [1.807, 2.05) is 10.9 Å². The minimum absolute atomic E-state index is 0.473. The molecular formula is C11H19N3. The fraction of sp³-hybridized carbons (Fsp3) is 0.727. The van der Waals surface area contributed by atoms with Crippen LogP contribution in [0.5, 0.6) is 0 Å². The summed E-state index contributed by atoms with van der Waals surface area (Å²) in [5.41, 5.74) is 6.84. The maximum absolute atomic E-state index is 5.61. The number of anilines is 1. The molecule has 3 nitrogen and oxygen atoms in total. The highest BCUT2D eigenvalue weighted by Gasteiger charge is 2.37. The third kappa shape index (κ3) is 2.08. The van der Waals surface area contributed by atoms with Crippen molar-refractivity contribution < 1.29 is 0 Å². The van der Waals surface area contributed by atoms with Crippen molar-refractivity contribution in [1.82, 2.24) is 9.78 Å². The van der Waals surface area contributed by atoms with Gasteiger partial charge in [0.1, 0.15) is 0 Å². The van der Waals surface area contributed by atoms with Crippen LogP contribution in [0.25, 0.3) is 0 Å². The first kappa shape index (κ1) is 9.56. The predicted octanol–water partition coefficient (Wildman–Crippen LogP) is 2.29. The van der Waals surface area contributed by atoms with Gasteiger partial charge in [0.15, 0.2) is 0 Å². The topological polar surface area (TPSA) is 43.8 Å². The molecule has 0 unspecified atom stereocenters. The lowest BCUT2D eigenvalue weighted by molar-refractivity contribution is 0.262. The summed E-state index contributed by atoms with van der Waals surface area (Å²) >= 11 is 0. The van der Waals surface area contributed by atoms with Crippen LogP contribution in [0.3, 0.4) is 0 Å². The van der Waals surface area contributed by atoms with Gasteiger partial charge in [-0.25, -0.2) is 0 Å². The summed E-state index contributed by atoms with van der Waals surface area (Å²) in [4.78, 5) is 0. The van der Waals surface area contributed by atoms with E-state index >= 15 is 0 Å². The average Bonchev–Trinajstić information content (AvgIpc) is 2.89. The molecule has 0 atom stereocenters. The summed E-state index contributed by atoms with van der Waals surface area (Å²) in [6, 6.07) is 0. The van der Waals surface area contributed by atoms with E-state index in [-0.39, 0.29) is 0 Å². The summed E-state index contributed by atoms with van der Waals surface area (Å²) in [6.45, 7) is 5.70. The molecule has 0 amide bonds. The number of hydrogen-bond donors (Lipinski definition) is 1. The Morgan fingerprint density at radius 3 is 2.79 bits per heavy atom. The molecule has 1 saturated carbocycles. The number of nitrogens with zero attached hydrogens (tertiary/aromatic N) is 2. The van der Waals surface area contributed by atoms with E-state index in [2.05, 4.69) is 18.9 Å². The van der Waals surface area contributed by atoms with Crippen molar-refractivity contribution in [2.24, 2.45) is 11.3 Å². The number of hydrogen-bond acceptors (Lipinski definition) is 2. The zero-order valence-electron chi connectivity index (χ0n) is 9.03. The molecule has 1 aromatic rings. The number of aryl methyl sites for hydroxylation is 1. The Balaban J connectivity index is 1.87. The second-order valence-corrected chi connectivity index (χ2v) is 5.05. The zero-order valence-corrected chi connectivity index (χ0v) is 9.03. The molecule has 2 rings (SSSR count). The van der Waals surface area contributed by atoms with E-state index in [4.69, 9.17) is 5.73 Å². The van der Waals surface area contributed by atoms with E-state index in [0.717, 1.165) is 18.2 Å². The van der Waals surface area contributed by atoms with E-state index < -0.39 is 0 Å². The predicted molar refractivity (Wildman–Crippen MR) is 57.8 cm³/mol. The Hall–Kier alpha value is -0.990. The molecule has 3 heteroatoms. The van der Waals surface area contributed by atoms with Crippen LogP contribution in [0.4, 0.5) is 5.69 Å². The van der Waals surface area contributed by atoms with Gasteiger partial charge in [0.25, 0.3) is 0 Å². The van der Waals surface area contributed by atoms with E-state index in [9.17, 15) is 0 Å². The summed E-state index contributed by atoms with van der Waals surface area (Å²) in [6.07, 6.45) is 7.63. The molecule has 78 valence electrons. The Labute approximate surface area is 85.3 Å². The third-order valence-corrected chi connectivity index (χ3v) is 3.32. The standard InChI is InChI=1S/C11H19N3/c1-11(2,9-3-4-9)5-6-14-8-10(12)7-13-14/h7-9H,3-6,12H2,1-2H3. The van der Waals surface area contributed by atoms with Gasteiger partial charge in [0.2, 0.25) is 0 Å². The molecule has 1 aliphatic rings. The van der Waals surface area contributed by atoms with E-state index in [0.29, 0.717) is 5.41 Å². The summed E-state index contributed by atoms with van der Waals surface area (Å²) in [5, 5.41) is 4.19. The summed E-state index contributed by atoms with van der Waals surface area (Å²) < 4.78 is 1.94. The maximum atomic E-state index is 5.61. The Morgan fingerprint density at radius 1 is 1.57 bits per heavy atom. The van der Waals surface area contributed by atoms with Crippen LogP contribution in [0.1, 0.15) is 33.1 Å². The smallest absolute Gasteiger partial charge is 0.0719 e. The van der Waals surface area contributed by atoms with Gasteiger partial charge >= 0.3 is 0 Å². The van der Waals surface area contributed by atoms with Crippen LogP contribution in [0.2, 0.25) is 0 Å². The van der Waals surface area contributed by atoms with Crippen molar-refractivity contribution in [2.45, 2.75) is 39.7 Å². The van der Waals surface area contributed by atoms with Crippen molar-refractivity contribution in [3.63, 3.8) is 0 Å². The largest absolute Gasteiger partial charge is 0.396 e. The van der Waals surface area contributed by atoms with Crippen LogP contribution in [-0.2, 0) is 6.54 Å². The molecule has 1 heterocycles. The first-order valence-corrected chi connectivity index (χ1v) is 5.36.